The molecule has 1 aliphatic heterocycles. The zero-order chi connectivity index (χ0) is 45.2. The van der Waals surface area contributed by atoms with Gasteiger partial charge in [-0.25, -0.2) is 9.97 Å². The summed E-state index contributed by atoms with van der Waals surface area (Å²) in [6, 6.07) is 90.8. The maximum atomic E-state index is 5.23. The number of rotatable bonds is 8. The van der Waals surface area contributed by atoms with E-state index in [9.17, 15) is 0 Å². The van der Waals surface area contributed by atoms with Gasteiger partial charge in [-0.2, -0.15) is 0 Å². The third-order valence-corrected chi connectivity index (χ3v) is 25.0. The van der Waals surface area contributed by atoms with Crippen LogP contribution >= 0.6 is 11.3 Å². The second kappa shape index (κ2) is 16.1. The van der Waals surface area contributed by atoms with Crippen LogP contribution in [0.3, 0.4) is 0 Å². The van der Waals surface area contributed by atoms with Gasteiger partial charge in [0, 0.05) is 50.4 Å². The highest BCUT2D eigenvalue weighted by atomic mass is 32.1. The monoisotopic (exact) mass is 920 g/mol. The number of aromatic nitrogens is 3. The Hall–Kier alpha value is -7.95. The zero-order valence-electron chi connectivity index (χ0n) is 37.4. The van der Waals surface area contributed by atoms with Crippen LogP contribution in [0.1, 0.15) is 0 Å². The van der Waals surface area contributed by atoms with Crippen molar-refractivity contribution in [2.24, 2.45) is 7.05 Å². The number of para-hydroxylation sites is 2. The summed E-state index contributed by atoms with van der Waals surface area (Å²) in [6.45, 7) is 0. The highest BCUT2D eigenvalue weighted by molar-refractivity contribution is 7.26. The lowest BCUT2D eigenvalue weighted by Gasteiger charge is -2.45. The summed E-state index contributed by atoms with van der Waals surface area (Å²) in [4.78, 5) is 12.9. The van der Waals surface area contributed by atoms with Crippen molar-refractivity contribution in [1.82, 2.24) is 14.5 Å². The van der Waals surface area contributed by atoms with Crippen LogP contribution in [0.15, 0.2) is 249 Å². The van der Waals surface area contributed by atoms with Gasteiger partial charge in [0.2, 0.25) is 0 Å². The van der Waals surface area contributed by atoms with Crippen LogP contribution < -0.4 is 46.4 Å². The Morgan fingerprint density at radius 1 is 0.456 bits per heavy atom. The Morgan fingerprint density at radius 3 is 1.75 bits per heavy atom. The van der Waals surface area contributed by atoms with Crippen LogP contribution in [0.4, 0.5) is 17.2 Å². The van der Waals surface area contributed by atoms with Gasteiger partial charge >= 0.3 is 0 Å². The fraction of sp³-hybridized carbons (Fsp3) is 0.0164. The van der Waals surface area contributed by atoms with E-state index in [1.165, 1.54) is 73.0 Å². The fourth-order valence-corrected chi connectivity index (χ4v) is 22.4. The normalized spacial score (nSPS) is 13.2. The van der Waals surface area contributed by atoms with Gasteiger partial charge in [-0.1, -0.05) is 200 Å². The molecule has 1 aliphatic rings. The van der Waals surface area contributed by atoms with E-state index >= 15 is 0 Å². The van der Waals surface area contributed by atoms with Crippen LogP contribution in [-0.2, 0) is 7.05 Å². The number of benzene rings is 9. The number of hydrogen-bond acceptors (Lipinski definition) is 4. The van der Waals surface area contributed by atoms with Crippen LogP contribution in [0.25, 0.3) is 42.6 Å². The Balaban J connectivity index is 1.17. The van der Waals surface area contributed by atoms with Gasteiger partial charge < -0.3 is 4.57 Å². The molecule has 0 spiro atoms. The Bertz CT molecular complexity index is 3740. The molecule has 0 bridgehead atoms. The summed E-state index contributed by atoms with van der Waals surface area (Å²) in [6.07, 6.45) is 1.93. The smallest absolute Gasteiger partial charge is 0.184 e. The summed E-state index contributed by atoms with van der Waals surface area (Å²) in [7, 11) is -4.09. The number of aryl methyl sites for hydroxylation is 1. The molecule has 9 aromatic carbocycles. The van der Waals surface area contributed by atoms with Crippen LogP contribution in [-0.4, -0.2) is 30.7 Å². The van der Waals surface area contributed by atoms with E-state index in [1.807, 2.05) is 23.6 Å². The second-order valence-electron chi connectivity index (χ2n) is 17.7. The van der Waals surface area contributed by atoms with Gasteiger partial charge in [-0.05, 0) is 84.0 Å². The molecule has 0 amide bonds. The second-order valence-corrected chi connectivity index (χ2v) is 26.4. The standard InChI is InChI=1S/C61H44N4SSi2/c1-64-53-33-16-15-32-52(53)63-61(64)43-21-20-30-48(39-43)67(44-22-6-2-7-23-44,45-24-8-3-9-25-45)49-36-37-58-54(40-49)65(60-35-18-19-38-62-60)55-42-57-51(50-31-14-17-34-56(50)66-57)41-59(55)68(58,46-26-10-4-11-27-46)47-28-12-5-13-29-47/h2-42H,1H3. The maximum Gasteiger partial charge on any atom is 0.184 e. The van der Waals surface area contributed by atoms with Crippen molar-refractivity contribution in [2.75, 3.05) is 4.90 Å². The molecule has 12 aromatic rings. The van der Waals surface area contributed by atoms with Crippen molar-refractivity contribution < 1.29 is 0 Å². The Labute approximate surface area is 401 Å². The molecule has 68 heavy (non-hydrogen) atoms. The first-order chi connectivity index (χ1) is 33.6. The predicted molar refractivity (Wildman–Crippen MR) is 292 cm³/mol. The first kappa shape index (κ1) is 40.3. The average molecular weight is 921 g/mol. The van der Waals surface area contributed by atoms with Crippen molar-refractivity contribution in [3.8, 4) is 11.4 Å². The SMILES string of the molecule is Cn1c(-c2cccc([Si](c3ccccc3)(c3ccccc3)c3ccc4c(c3)N(c3ccccn3)c3cc5sc6ccccc6c5cc3[Si]4(c3ccccc3)c3ccccc3)c2)nc2ccccc21. The molecular formula is C61H44N4SSi2. The van der Waals surface area contributed by atoms with Gasteiger partial charge in [0.05, 0.1) is 11.0 Å². The molecule has 3 aromatic heterocycles. The van der Waals surface area contributed by atoms with Crippen molar-refractivity contribution in [1.29, 1.82) is 0 Å². The molecule has 7 heteroatoms. The van der Waals surface area contributed by atoms with Crippen LogP contribution in [0.2, 0.25) is 0 Å². The summed E-state index contributed by atoms with van der Waals surface area (Å²) >= 11 is 1.87. The molecule has 0 saturated heterocycles. The van der Waals surface area contributed by atoms with E-state index in [2.05, 4.69) is 253 Å². The molecule has 0 saturated carbocycles. The molecule has 322 valence electrons. The molecule has 4 nitrogen and oxygen atoms in total. The van der Waals surface area contributed by atoms with E-state index in [-0.39, 0.29) is 0 Å². The number of fused-ring (bicyclic) bond motifs is 6. The Kier molecular flexibility index (Phi) is 9.57. The summed E-state index contributed by atoms with van der Waals surface area (Å²) in [5.74, 6) is 1.85. The highest BCUT2D eigenvalue weighted by Gasteiger charge is 2.51. The topological polar surface area (TPSA) is 34.0 Å². The first-order valence-corrected chi connectivity index (χ1v) is 28.0. The van der Waals surface area contributed by atoms with Gasteiger partial charge in [-0.3, -0.25) is 4.90 Å². The number of anilines is 3. The molecule has 0 atom stereocenters. The largest absolute Gasteiger partial charge is 0.327 e. The van der Waals surface area contributed by atoms with Gasteiger partial charge in [0.15, 0.2) is 16.1 Å². The summed E-state index contributed by atoms with van der Waals surface area (Å²) in [5, 5.41) is 13.2. The van der Waals surface area contributed by atoms with Crippen LogP contribution in [0.5, 0.6) is 0 Å². The van der Waals surface area contributed by atoms with E-state index in [0.29, 0.717) is 0 Å². The first-order valence-electron chi connectivity index (χ1n) is 23.2. The summed E-state index contributed by atoms with van der Waals surface area (Å²) in [5.41, 5.74) is 5.56. The Morgan fingerprint density at radius 2 is 1.06 bits per heavy atom. The number of hydrogen-bond donors (Lipinski definition) is 0. The van der Waals surface area contributed by atoms with Crippen molar-refractivity contribution >= 4 is 117 Å². The third-order valence-electron chi connectivity index (χ3n) is 14.3. The summed E-state index contributed by atoms with van der Waals surface area (Å²) < 4.78 is 4.79. The van der Waals surface area contributed by atoms with E-state index < -0.39 is 16.1 Å². The lowest BCUT2D eigenvalue weighted by Crippen LogP contribution is -2.78. The third kappa shape index (κ3) is 6.03. The number of thiophene rings is 1. The fourth-order valence-electron chi connectivity index (χ4n) is 11.4. The van der Waals surface area contributed by atoms with E-state index in [4.69, 9.17) is 9.97 Å². The zero-order valence-corrected chi connectivity index (χ0v) is 40.2. The molecular weight excluding hydrogens is 877 g/mol. The van der Waals surface area contributed by atoms with Crippen molar-refractivity contribution in [3.63, 3.8) is 0 Å². The number of pyridine rings is 1. The van der Waals surface area contributed by atoms with Crippen molar-refractivity contribution in [2.45, 2.75) is 0 Å². The lowest BCUT2D eigenvalue weighted by atomic mass is 10.1. The van der Waals surface area contributed by atoms with Gasteiger partial charge in [0.1, 0.15) is 11.6 Å². The minimum absolute atomic E-state index is 0.895. The molecule has 0 N–H and O–H groups in total. The molecule has 0 fully saturated rings. The van der Waals surface area contributed by atoms with Gasteiger partial charge in [-0.15, -0.1) is 11.3 Å². The quantitative estimate of drug-likeness (QED) is 0.113. The molecule has 0 aliphatic carbocycles. The van der Waals surface area contributed by atoms with Crippen molar-refractivity contribution in [3.05, 3.63) is 249 Å². The minimum Gasteiger partial charge on any atom is -0.327 e. The number of imidazole rings is 1. The molecule has 0 unspecified atom stereocenters. The highest BCUT2D eigenvalue weighted by Crippen LogP contribution is 2.42. The van der Waals surface area contributed by atoms with Gasteiger partial charge in [0.25, 0.3) is 0 Å². The predicted octanol–water partition coefficient (Wildman–Crippen LogP) is 9.54. The molecule has 0 radical (unpaired) electrons. The van der Waals surface area contributed by atoms with E-state index in [1.54, 1.807) is 0 Å². The maximum absolute atomic E-state index is 5.23. The molecule has 13 rings (SSSR count). The lowest BCUT2D eigenvalue weighted by molar-refractivity contribution is 0.959. The van der Waals surface area contributed by atoms with E-state index in [0.717, 1.165) is 28.2 Å². The van der Waals surface area contributed by atoms with Crippen LogP contribution in [0, 0.1) is 0 Å². The average Bonchev–Trinajstić information content (AvgIpc) is 3.95. The molecule has 4 heterocycles. The minimum atomic E-state index is -3.14. The number of nitrogens with zero attached hydrogens (tertiary/aromatic N) is 4.